The molecule has 106 valence electrons. The average Bonchev–Trinajstić information content (AvgIpc) is 2.74. The van der Waals surface area contributed by atoms with Crippen LogP contribution in [0.3, 0.4) is 0 Å². The summed E-state index contributed by atoms with van der Waals surface area (Å²) in [7, 11) is 1.10. The standard InChI is InChI=1S/C10H7F5O3S/c1-18-7(16)4-5-2-3-6(19-5)8(17)9(11,12)10(13,14)15/h2-3H,4H2,1H3. The van der Waals surface area contributed by atoms with Gasteiger partial charge >= 0.3 is 18.1 Å². The van der Waals surface area contributed by atoms with Crippen molar-refractivity contribution in [2.45, 2.75) is 18.5 Å². The Hall–Kier alpha value is -1.51. The summed E-state index contributed by atoms with van der Waals surface area (Å²) >= 11 is 0.397. The van der Waals surface area contributed by atoms with Gasteiger partial charge in [-0.25, -0.2) is 0 Å². The number of thiophene rings is 1. The molecule has 0 aliphatic heterocycles. The van der Waals surface area contributed by atoms with Crippen molar-refractivity contribution in [2.75, 3.05) is 7.11 Å². The molecule has 0 aliphatic carbocycles. The molecule has 1 aromatic heterocycles. The summed E-state index contributed by atoms with van der Waals surface area (Å²) in [5.41, 5.74) is 0. The Morgan fingerprint density at radius 1 is 1.21 bits per heavy atom. The van der Waals surface area contributed by atoms with Gasteiger partial charge in [0.2, 0.25) is 0 Å². The van der Waals surface area contributed by atoms with Gasteiger partial charge in [-0.15, -0.1) is 11.3 Å². The molecule has 9 heteroatoms. The number of hydrogen-bond acceptors (Lipinski definition) is 4. The second-order valence-corrected chi connectivity index (χ2v) is 4.59. The Kier molecular flexibility index (Phi) is 4.28. The van der Waals surface area contributed by atoms with Crippen molar-refractivity contribution in [3.63, 3.8) is 0 Å². The van der Waals surface area contributed by atoms with Crippen molar-refractivity contribution in [1.29, 1.82) is 0 Å². The maximum Gasteiger partial charge on any atom is 0.461 e. The van der Waals surface area contributed by atoms with E-state index in [-0.39, 0.29) is 11.3 Å². The molecule has 0 N–H and O–H groups in total. The first kappa shape index (κ1) is 15.5. The third-order valence-electron chi connectivity index (χ3n) is 2.07. The third-order valence-corrected chi connectivity index (χ3v) is 3.16. The van der Waals surface area contributed by atoms with Gasteiger partial charge in [-0.1, -0.05) is 0 Å². The number of methoxy groups -OCH3 is 1. The van der Waals surface area contributed by atoms with Crippen LogP contribution in [0.5, 0.6) is 0 Å². The van der Waals surface area contributed by atoms with Crippen LogP contribution >= 0.6 is 11.3 Å². The van der Waals surface area contributed by atoms with Crippen molar-refractivity contribution in [2.24, 2.45) is 0 Å². The van der Waals surface area contributed by atoms with E-state index in [0.717, 1.165) is 19.2 Å². The zero-order chi connectivity index (χ0) is 14.8. The van der Waals surface area contributed by atoms with Crippen molar-refractivity contribution in [1.82, 2.24) is 0 Å². The van der Waals surface area contributed by atoms with Gasteiger partial charge in [0.15, 0.2) is 0 Å². The van der Waals surface area contributed by atoms with E-state index in [1.807, 2.05) is 0 Å². The van der Waals surface area contributed by atoms with Crippen LogP contribution in [0.2, 0.25) is 0 Å². The van der Waals surface area contributed by atoms with Crippen LogP contribution in [0.25, 0.3) is 0 Å². The largest absolute Gasteiger partial charge is 0.469 e. The molecular weight excluding hydrogens is 295 g/mol. The van der Waals surface area contributed by atoms with Gasteiger partial charge in [-0.2, -0.15) is 22.0 Å². The minimum absolute atomic E-state index is 0.160. The summed E-state index contributed by atoms with van der Waals surface area (Å²) in [6, 6.07) is 1.95. The number of hydrogen-bond donors (Lipinski definition) is 0. The van der Waals surface area contributed by atoms with E-state index in [1.165, 1.54) is 0 Å². The van der Waals surface area contributed by atoms with Gasteiger partial charge < -0.3 is 4.74 Å². The lowest BCUT2D eigenvalue weighted by Gasteiger charge is -2.16. The minimum atomic E-state index is -5.95. The fourth-order valence-electron chi connectivity index (χ4n) is 1.09. The second-order valence-electron chi connectivity index (χ2n) is 3.42. The fraction of sp³-hybridized carbons (Fsp3) is 0.400. The molecule has 0 unspecified atom stereocenters. The number of halogens is 5. The molecule has 0 saturated carbocycles. The highest BCUT2D eigenvalue weighted by Crippen LogP contribution is 2.39. The first-order valence-corrected chi connectivity index (χ1v) is 5.56. The number of alkyl halides is 5. The minimum Gasteiger partial charge on any atom is -0.469 e. The van der Waals surface area contributed by atoms with Crippen LogP contribution < -0.4 is 0 Å². The summed E-state index contributed by atoms with van der Waals surface area (Å²) in [4.78, 5) is 21.4. The van der Waals surface area contributed by atoms with E-state index in [1.54, 1.807) is 0 Å². The molecule has 0 atom stereocenters. The van der Waals surface area contributed by atoms with Crippen molar-refractivity contribution in [3.05, 3.63) is 21.9 Å². The van der Waals surface area contributed by atoms with Crippen LogP contribution in [0.1, 0.15) is 14.5 Å². The molecule has 0 fully saturated rings. The summed E-state index contributed by atoms with van der Waals surface area (Å²) in [5, 5.41) is 0. The second kappa shape index (κ2) is 5.24. The fourth-order valence-corrected chi connectivity index (χ4v) is 2.06. The lowest BCUT2D eigenvalue weighted by molar-refractivity contribution is -0.255. The number of ketones is 1. The molecule has 0 amide bonds. The number of ether oxygens (including phenoxy) is 1. The molecule has 19 heavy (non-hydrogen) atoms. The van der Waals surface area contributed by atoms with E-state index in [9.17, 15) is 31.5 Å². The highest BCUT2D eigenvalue weighted by molar-refractivity contribution is 7.14. The van der Waals surface area contributed by atoms with Gasteiger partial charge in [-0.05, 0) is 12.1 Å². The van der Waals surface area contributed by atoms with E-state index in [2.05, 4.69) is 4.74 Å². The van der Waals surface area contributed by atoms with Gasteiger partial charge in [-0.3, -0.25) is 9.59 Å². The molecule has 0 aliphatic rings. The number of esters is 1. The molecule has 1 heterocycles. The predicted octanol–water partition coefficient (Wildman–Crippen LogP) is 2.84. The maximum absolute atomic E-state index is 12.8. The summed E-state index contributed by atoms with van der Waals surface area (Å²) in [6.45, 7) is 0. The van der Waals surface area contributed by atoms with E-state index in [0.29, 0.717) is 11.3 Å². The Bertz CT molecular complexity index is 492. The van der Waals surface area contributed by atoms with E-state index in [4.69, 9.17) is 0 Å². The van der Waals surface area contributed by atoms with Crippen molar-refractivity contribution in [3.8, 4) is 0 Å². The predicted molar refractivity (Wildman–Crippen MR) is 55.4 cm³/mol. The average molecular weight is 302 g/mol. The SMILES string of the molecule is COC(=O)Cc1ccc(C(=O)C(F)(F)C(F)(F)F)s1. The van der Waals surface area contributed by atoms with Crippen LogP contribution in [-0.4, -0.2) is 31.0 Å². The van der Waals surface area contributed by atoms with Crippen molar-refractivity contribution >= 4 is 23.1 Å². The normalized spacial score (nSPS) is 12.3. The summed E-state index contributed by atoms with van der Waals surface area (Å²) < 4.78 is 65.9. The molecule has 1 aromatic rings. The molecule has 1 rings (SSSR count). The van der Waals surface area contributed by atoms with Gasteiger partial charge in [0.05, 0.1) is 18.4 Å². The van der Waals surface area contributed by atoms with E-state index < -0.39 is 28.7 Å². The van der Waals surface area contributed by atoms with Gasteiger partial charge in [0, 0.05) is 4.88 Å². The summed E-state index contributed by atoms with van der Waals surface area (Å²) in [5.74, 6) is -8.47. The number of Topliss-reactive ketones (excluding diaryl/α,β-unsaturated/α-hetero) is 1. The first-order chi connectivity index (χ1) is 8.59. The molecule has 0 spiro atoms. The first-order valence-electron chi connectivity index (χ1n) is 4.74. The van der Waals surface area contributed by atoms with Crippen LogP contribution in [0.15, 0.2) is 12.1 Å². The smallest absolute Gasteiger partial charge is 0.461 e. The molecule has 0 saturated heterocycles. The van der Waals surface area contributed by atoms with Crippen molar-refractivity contribution < 1.29 is 36.3 Å². The highest BCUT2D eigenvalue weighted by atomic mass is 32.1. The maximum atomic E-state index is 12.8. The zero-order valence-electron chi connectivity index (χ0n) is 9.38. The Morgan fingerprint density at radius 3 is 2.26 bits per heavy atom. The third kappa shape index (κ3) is 3.28. The summed E-state index contributed by atoms with van der Waals surface area (Å²) in [6.07, 6.45) is -6.25. The Balaban J connectivity index is 2.93. The number of carbonyl (C=O) groups is 2. The number of carbonyl (C=O) groups excluding carboxylic acids is 2. The zero-order valence-corrected chi connectivity index (χ0v) is 10.2. The molecular formula is C10H7F5O3S. The van der Waals surface area contributed by atoms with Crippen LogP contribution in [0, 0.1) is 0 Å². The van der Waals surface area contributed by atoms with Crippen LogP contribution in [0.4, 0.5) is 22.0 Å². The molecule has 0 bridgehead atoms. The highest BCUT2D eigenvalue weighted by Gasteiger charge is 2.63. The van der Waals surface area contributed by atoms with Gasteiger partial charge in [0.1, 0.15) is 0 Å². The van der Waals surface area contributed by atoms with Gasteiger partial charge in [0.25, 0.3) is 5.78 Å². The van der Waals surface area contributed by atoms with E-state index >= 15 is 0 Å². The molecule has 0 aromatic carbocycles. The molecule has 3 nitrogen and oxygen atoms in total. The van der Waals surface area contributed by atoms with Crippen LogP contribution in [-0.2, 0) is 16.0 Å². The number of rotatable bonds is 4. The lowest BCUT2D eigenvalue weighted by atomic mass is 10.2. The Labute approximate surface area is 108 Å². The Morgan fingerprint density at radius 2 is 1.79 bits per heavy atom. The lowest BCUT2D eigenvalue weighted by Crippen LogP contribution is -2.43. The topological polar surface area (TPSA) is 43.4 Å². The monoisotopic (exact) mass is 302 g/mol. The molecule has 0 radical (unpaired) electrons. The quantitative estimate of drug-likeness (QED) is 0.488.